The quantitative estimate of drug-likeness (QED) is 0.754. The molecule has 3 rings (SSSR count). The fourth-order valence-corrected chi connectivity index (χ4v) is 3.04. The molecule has 1 fully saturated rings. The predicted octanol–water partition coefficient (Wildman–Crippen LogP) is 2.05. The van der Waals surface area contributed by atoms with E-state index in [0.717, 1.165) is 5.56 Å². The van der Waals surface area contributed by atoms with Crippen molar-refractivity contribution >= 4 is 17.8 Å². The number of furan rings is 1. The minimum atomic E-state index is -0.563. The summed E-state index contributed by atoms with van der Waals surface area (Å²) in [5.41, 5.74) is 0.965. The van der Waals surface area contributed by atoms with E-state index in [0.29, 0.717) is 12.3 Å². The monoisotopic (exact) mass is 370 g/mol. The summed E-state index contributed by atoms with van der Waals surface area (Å²) in [6, 6.07) is 12.8. The van der Waals surface area contributed by atoms with E-state index in [2.05, 4.69) is 5.32 Å². The van der Waals surface area contributed by atoms with Crippen LogP contribution in [0.3, 0.4) is 0 Å². The first kappa shape index (κ1) is 18.7. The predicted molar refractivity (Wildman–Crippen MR) is 96.2 cm³/mol. The highest BCUT2D eigenvalue weighted by Gasteiger charge is 2.35. The molecule has 0 radical (unpaired) electrons. The lowest BCUT2D eigenvalue weighted by Crippen LogP contribution is -2.32. The summed E-state index contributed by atoms with van der Waals surface area (Å²) in [5.74, 6) is -0.946. The van der Waals surface area contributed by atoms with Crippen molar-refractivity contribution in [3.63, 3.8) is 0 Å². The fourth-order valence-electron chi connectivity index (χ4n) is 3.04. The third-order valence-corrected chi connectivity index (χ3v) is 4.50. The second-order valence-corrected chi connectivity index (χ2v) is 6.56. The van der Waals surface area contributed by atoms with Crippen LogP contribution in [0.4, 0.5) is 0 Å². The van der Waals surface area contributed by atoms with E-state index in [1.165, 1.54) is 6.26 Å². The Kier molecular flexibility index (Phi) is 5.90. The molecule has 1 aliphatic heterocycles. The van der Waals surface area contributed by atoms with Crippen molar-refractivity contribution in [1.29, 1.82) is 0 Å². The van der Waals surface area contributed by atoms with Crippen LogP contribution in [0.2, 0.25) is 0 Å². The topological polar surface area (TPSA) is 88.8 Å². The molecule has 0 aliphatic carbocycles. The number of carbonyl (C=O) groups excluding carboxylic acids is 3. The zero-order valence-electron chi connectivity index (χ0n) is 15.1. The average Bonchev–Trinajstić information content (AvgIpc) is 3.31. The van der Waals surface area contributed by atoms with Gasteiger partial charge in [0, 0.05) is 13.0 Å². The van der Waals surface area contributed by atoms with Crippen molar-refractivity contribution in [2.45, 2.75) is 25.9 Å². The molecular formula is C20H22N2O5. The van der Waals surface area contributed by atoms with Gasteiger partial charge in [-0.25, -0.2) is 0 Å². The lowest BCUT2D eigenvalue weighted by Gasteiger charge is -2.16. The van der Waals surface area contributed by atoms with E-state index in [4.69, 9.17) is 9.15 Å². The molecule has 2 atom stereocenters. The van der Waals surface area contributed by atoms with Gasteiger partial charge >= 0.3 is 5.97 Å². The number of nitrogens with one attached hydrogen (secondary N) is 1. The highest BCUT2D eigenvalue weighted by atomic mass is 16.5. The maximum Gasteiger partial charge on any atom is 0.311 e. The van der Waals surface area contributed by atoms with Crippen molar-refractivity contribution < 1.29 is 23.5 Å². The molecule has 7 nitrogen and oxygen atoms in total. The molecule has 1 saturated heterocycles. The molecule has 1 N–H and O–H groups in total. The lowest BCUT2D eigenvalue weighted by molar-refractivity contribution is -0.152. The lowest BCUT2D eigenvalue weighted by atomic mass is 10.1. The van der Waals surface area contributed by atoms with Gasteiger partial charge in [-0.3, -0.25) is 14.4 Å². The minimum Gasteiger partial charge on any atom is -0.467 e. The van der Waals surface area contributed by atoms with Crippen LogP contribution in [-0.4, -0.2) is 35.8 Å². The molecule has 0 bridgehead atoms. The van der Waals surface area contributed by atoms with Gasteiger partial charge in [0.2, 0.25) is 5.91 Å². The first-order valence-electron chi connectivity index (χ1n) is 8.84. The van der Waals surface area contributed by atoms with E-state index >= 15 is 0 Å². The van der Waals surface area contributed by atoms with Gasteiger partial charge in [-0.15, -0.1) is 0 Å². The highest BCUT2D eigenvalue weighted by molar-refractivity contribution is 5.88. The van der Waals surface area contributed by atoms with Gasteiger partial charge in [0.1, 0.15) is 5.76 Å². The van der Waals surface area contributed by atoms with E-state index in [9.17, 15) is 14.4 Å². The number of likely N-dealkylation sites (tertiary alicyclic amines) is 1. The highest BCUT2D eigenvalue weighted by Crippen LogP contribution is 2.21. The Morgan fingerprint density at radius 2 is 2.04 bits per heavy atom. The number of esters is 1. The zero-order valence-corrected chi connectivity index (χ0v) is 15.1. The Balaban J connectivity index is 1.44. The molecule has 1 aliphatic rings. The number of rotatable bonds is 7. The van der Waals surface area contributed by atoms with Crippen LogP contribution in [0.15, 0.2) is 53.1 Å². The first-order valence-corrected chi connectivity index (χ1v) is 8.84. The van der Waals surface area contributed by atoms with Gasteiger partial charge in [-0.1, -0.05) is 30.3 Å². The molecule has 0 spiro atoms. The Morgan fingerprint density at radius 1 is 1.26 bits per heavy atom. The summed E-state index contributed by atoms with van der Waals surface area (Å²) in [6.45, 7) is 2.08. The molecule has 0 saturated carbocycles. The number of hydrogen-bond donors (Lipinski definition) is 1. The third-order valence-electron chi connectivity index (χ3n) is 4.50. The van der Waals surface area contributed by atoms with Crippen LogP contribution in [-0.2, 0) is 25.7 Å². The minimum absolute atomic E-state index is 0.0849. The van der Waals surface area contributed by atoms with Gasteiger partial charge in [0.15, 0.2) is 6.61 Å². The summed E-state index contributed by atoms with van der Waals surface area (Å²) in [6.07, 6.45) is 1.62. The molecule has 1 aromatic heterocycles. The van der Waals surface area contributed by atoms with E-state index < -0.39 is 11.9 Å². The number of carbonyl (C=O) groups is 3. The van der Waals surface area contributed by atoms with Crippen molar-refractivity contribution in [3.8, 4) is 0 Å². The van der Waals surface area contributed by atoms with Crippen molar-refractivity contribution in [3.05, 3.63) is 60.1 Å². The van der Waals surface area contributed by atoms with Crippen molar-refractivity contribution in [2.75, 3.05) is 13.2 Å². The van der Waals surface area contributed by atoms with E-state index in [-0.39, 0.29) is 37.4 Å². The molecule has 2 heterocycles. The van der Waals surface area contributed by atoms with Crippen LogP contribution in [0.25, 0.3) is 0 Å². The first-order chi connectivity index (χ1) is 13.0. The molecular weight excluding hydrogens is 348 g/mol. The summed E-state index contributed by atoms with van der Waals surface area (Å²) in [5, 5.41) is 2.78. The fraction of sp³-hybridized carbons (Fsp3) is 0.350. The SMILES string of the molecule is C[C@@H](NC(=O)COC(=O)[C@H]1CC(=O)N(Cc2ccco2)C1)c1ccccc1. The van der Waals surface area contributed by atoms with Crippen LogP contribution in [0, 0.1) is 5.92 Å². The Bertz CT molecular complexity index is 788. The van der Waals surface area contributed by atoms with Gasteiger partial charge < -0.3 is 19.4 Å². The zero-order chi connectivity index (χ0) is 19.2. The molecule has 7 heteroatoms. The smallest absolute Gasteiger partial charge is 0.311 e. The van der Waals surface area contributed by atoms with Gasteiger partial charge in [-0.05, 0) is 24.6 Å². The van der Waals surface area contributed by atoms with Crippen molar-refractivity contribution in [1.82, 2.24) is 10.2 Å². The van der Waals surface area contributed by atoms with Gasteiger partial charge in [0.25, 0.3) is 5.91 Å². The maximum atomic E-state index is 12.2. The van der Waals surface area contributed by atoms with Gasteiger partial charge in [-0.2, -0.15) is 0 Å². The normalized spacial score (nSPS) is 17.6. The van der Waals surface area contributed by atoms with Crippen LogP contribution in [0.5, 0.6) is 0 Å². The summed E-state index contributed by atoms with van der Waals surface area (Å²) in [7, 11) is 0. The molecule has 0 unspecified atom stereocenters. The maximum absolute atomic E-state index is 12.2. The van der Waals surface area contributed by atoms with Crippen molar-refractivity contribution in [2.24, 2.45) is 5.92 Å². The summed E-state index contributed by atoms with van der Waals surface area (Å²) >= 11 is 0. The Labute approximate surface area is 157 Å². The molecule has 2 amide bonds. The van der Waals surface area contributed by atoms with Crippen LogP contribution >= 0.6 is 0 Å². The number of hydrogen-bond acceptors (Lipinski definition) is 5. The Morgan fingerprint density at radius 3 is 2.74 bits per heavy atom. The largest absolute Gasteiger partial charge is 0.467 e. The molecule has 27 heavy (non-hydrogen) atoms. The molecule has 1 aromatic carbocycles. The van der Waals surface area contributed by atoms with Gasteiger partial charge in [0.05, 0.1) is 24.8 Å². The second-order valence-electron chi connectivity index (χ2n) is 6.56. The van der Waals surface area contributed by atoms with Crippen LogP contribution in [0.1, 0.15) is 30.7 Å². The third kappa shape index (κ3) is 4.97. The van der Waals surface area contributed by atoms with Crippen LogP contribution < -0.4 is 5.32 Å². The molecule has 2 aromatic rings. The summed E-state index contributed by atoms with van der Waals surface area (Å²) < 4.78 is 10.3. The average molecular weight is 370 g/mol. The van der Waals surface area contributed by atoms with E-state index in [1.54, 1.807) is 17.0 Å². The number of benzene rings is 1. The second kappa shape index (κ2) is 8.53. The van der Waals surface area contributed by atoms with E-state index in [1.807, 2.05) is 37.3 Å². The standard InChI is InChI=1S/C20H22N2O5/c1-14(15-6-3-2-4-7-15)21-18(23)13-27-20(25)16-10-19(24)22(11-16)12-17-8-5-9-26-17/h2-9,14,16H,10-13H2,1H3,(H,21,23)/t14-,16+/m1/s1. The summed E-state index contributed by atoms with van der Waals surface area (Å²) in [4.78, 5) is 37.8. The number of ether oxygens (including phenoxy) is 1. The number of nitrogens with zero attached hydrogens (tertiary/aromatic N) is 1. The molecule has 142 valence electrons. The number of amides is 2. The Hall–Kier alpha value is -3.09.